The van der Waals surface area contributed by atoms with Crippen molar-refractivity contribution >= 4 is 11.9 Å². The lowest BCUT2D eigenvalue weighted by atomic mass is 9.98. The Morgan fingerprint density at radius 2 is 0.938 bits per heavy atom. The summed E-state index contributed by atoms with van der Waals surface area (Å²) in [5, 5.41) is 72.0. The van der Waals surface area contributed by atoms with E-state index in [9.17, 15) is 45.3 Å². The lowest BCUT2D eigenvalue weighted by Gasteiger charge is -2.42. The van der Waals surface area contributed by atoms with Gasteiger partial charge in [0.2, 0.25) is 0 Å². The van der Waals surface area contributed by atoms with Crippen LogP contribution in [0.1, 0.15) is 168 Å². The smallest absolute Gasteiger partial charge is 0.306 e. The fourth-order valence-electron chi connectivity index (χ4n) is 7.49. The minimum Gasteiger partial charge on any atom is -0.462 e. The number of carbonyl (C=O) groups is 2. The molecule has 0 aliphatic carbocycles. The molecule has 0 aromatic carbocycles. The lowest BCUT2D eigenvalue weighted by Crippen LogP contribution is -2.61. The molecule has 2 rings (SSSR count). The van der Waals surface area contributed by atoms with Crippen molar-refractivity contribution in [2.24, 2.45) is 0 Å². The second-order valence-corrected chi connectivity index (χ2v) is 17.3. The second kappa shape index (κ2) is 36.8. The minimum atomic E-state index is -1.77. The Morgan fingerprint density at radius 3 is 1.47 bits per heavy atom. The number of hydrogen-bond acceptors (Lipinski definition) is 15. The molecule has 15 heteroatoms. The van der Waals surface area contributed by atoms with Gasteiger partial charge in [-0.1, -0.05) is 127 Å². The molecule has 2 aliphatic rings. The van der Waals surface area contributed by atoms with E-state index in [0.29, 0.717) is 12.8 Å². The zero-order chi connectivity index (χ0) is 46.8. The average molecular weight is 915 g/mol. The fraction of sp³-hybridized carbons (Fsp3) is 0.837. The van der Waals surface area contributed by atoms with Crippen molar-refractivity contribution < 1.29 is 73.8 Å². The SMILES string of the molecule is CCCCCC/C=C/C=C/CCCCCCCC(=O)OC[C@H](CO[C@@H]1O[C@H](CO[C@@H]2O[C@H](CO)[C@H](O)C(O)C2O)[C@H](O)C(O)C1O)OC(=O)CCCCCCC/C=C/CCCCCC. The first-order valence-electron chi connectivity index (χ1n) is 24.6. The summed E-state index contributed by atoms with van der Waals surface area (Å²) in [7, 11) is 0. The largest absolute Gasteiger partial charge is 0.462 e. The standard InChI is InChI=1S/C49H86O15/c1-3-5-7-9-11-13-15-17-18-20-21-23-25-27-29-31-40(51)59-34-37(62-41(52)32-30-28-26-24-22-19-16-14-12-10-8-6-4-2)35-60-48-47(58)45(56)43(54)39(64-48)36-61-49-46(57)44(55)42(53)38(33-50)63-49/h13-18,37-39,42-50,53-58H,3-12,19-36H2,1-2H3/b15-13+,16-14+,18-17+/t37-,38-,39-,42+,43+,44?,45?,46?,47?,48-,49-/m1/s1. The summed E-state index contributed by atoms with van der Waals surface area (Å²) in [6, 6.07) is 0. The predicted octanol–water partition coefficient (Wildman–Crippen LogP) is 6.15. The molecule has 0 aromatic heterocycles. The number of unbranched alkanes of at least 4 members (excludes halogenated alkanes) is 18. The van der Waals surface area contributed by atoms with Gasteiger partial charge in [-0.05, 0) is 64.2 Å². The molecule has 0 spiro atoms. The average Bonchev–Trinajstić information content (AvgIpc) is 3.29. The Labute approximate surface area is 383 Å². The molecule has 2 heterocycles. The van der Waals surface area contributed by atoms with Crippen LogP contribution in [-0.4, -0.2) is 142 Å². The van der Waals surface area contributed by atoms with Crippen LogP contribution >= 0.6 is 0 Å². The molecule has 0 amide bonds. The number of hydrogen-bond donors (Lipinski definition) is 7. The van der Waals surface area contributed by atoms with E-state index in [1.165, 1.54) is 51.4 Å². The van der Waals surface area contributed by atoms with E-state index >= 15 is 0 Å². The van der Waals surface area contributed by atoms with E-state index in [0.717, 1.165) is 77.0 Å². The summed E-state index contributed by atoms with van der Waals surface area (Å²) in [4.78, 5) is 25.7. The van der Waals surface area contributed by atoms with E-state index in [2.05, 4.69) is 50.3 Å². The van der Waals surface area contributed by atoms with E-state index in [1.54, 1.807) is 0 Å². The molecule has 0 aromatic rings. The highest BCUT2D eigenvalue weighted by molar-refractivity contribution is 5.70. The molecule has 2 saturated heterocycles. The van der Waals surface area contributed by atoms with Crippen molar-refractivity contribution in [3.63, 3.8) is 0 Å². The van der Waals surface area contributed by atoms with Gasteiger partial charge in [-0.3, -0.25) is 9.59 Å². The number of esters is 2. The Balaban J connectivity index is 1.84. The van der Waals surface area contributed by atoms with Crippen LogP contribution in [0.4, 0.5) is 0 Å². The van der Waals surface area contributed by atoms with Gasteiger partial charge in [0, 0.05) is 12.8 Å². The van der Waals surface area contributed by atoms with Crippen molar-refractivity contribution in [1.82, 2.24) is 0 Å². The van der Waals surface area contributed by atoms with Crippen LogP contribution in [0.15, 0.2) is 36.5 Å². The van der Waals surface area contributed by atoms with Crippen molar-refractivity contribution in [1.29, 1.82) is 0 Å². The summed E-state index contributed by atoms with van der Waals surface area (Å²) in [6.45, 7) is 2.51. The Bertz CT molecular complexity index is 1260. The molecule has 0 saturated carbocycles. The summed E-state index contributed by atoms with van der Waals surface area (Å²) in [5.41, 5.74) is 0. The molecular weight excluding hydrogens is 829 g/mol. The highest BCUT2D eigenvalue weighted by atomic mass is 16.7. The van der Waals surface area contributed by atoms with Gasteiger partial charge in [-0.2, -0.15) is 0 Å². The first-order chi connectivity index (χ1) is 31.0. The molecule has 0 radical (unpaired) electrons. The first-order valence-corrected chi connectivity index (χ1v) is 24.6. The molecular formula is C49H86O15. The maximum absolute atomic E-state index is 13.0. The van der Waals surface area contributed by atoms with Crippen LogP contribution in [-0.2, 0) is 38.0 Å². The maximum Gasteiger partial charge on any atom is 0.306 e. The van der Waals surface area contributed by atoms with E-state index in [1.807, 2.05) is 0 Å². The monoisotopic (exact) mass is 915 g/mol. The van der Waals surface area contributed by atoms with Crippen molar-refractivity contribution in [3.05, 3.63) is 36.5 Å². The Morgan fingerprint density at radius 1 is 0.500 bits per heavy atom. The van der Waals surface area contributed by atoms with Crippen LogP contribution < -0.4 is 0 Å². The molecule has 11 atom stereocenters. The van der Waals surface area contributed by atoms with Crippen molar-refractivity contribution in [3.8, 4) is 0 Å². The molecule has 4 unspecified atom stereocenters. The van der Waals surface area contributed by atoms with Gasteiger partial charge in [0.15, 0.2) is 18.7 Å². The summed E-state index contributed by atoms with van der Waals surface area (Å²) in [6.07, 6.45) is 20.3. The third kappa shape index (κ3) is 25.0. The number of aliphatic hydroxyl groups excluding tert-OH is 7. The third-order valence-electron chi connectivity index (χ3n) is 11.6. The van der Waals surface area contributed by atoms with E-state index < -0.39 is 92.7 Å². The summed E-state index contributed by atoms with van der Waals surface area (Å²) < 4.78 is 33.5. The van der Waals surface area contributed by atoms with Crippen LogP contribution in [0.5, 0.6) is 0 Å². The Kier molecular flexibility index (Phi) is 33.3. The van der Waals surface area contributed by atoms with Crippen LogP contribution in [0, 0.1) is 0 Å². The molecule has 7 N–H and O–H groups in total. The minimum absolute atomic E-state index is 0.151. The second-order valence-electron chi connectivity index (χ2n) is 17.3. The predicted molar refractivity (Wildman–Crippen MR) is 243 cm³/mol. The zero-order valence-electron chi connectivity index (χ0n) is 39.0. The van der Waals surface area contributed by atoms with Crippen LogP contribution in [0.3, 0.4) is 0 Å². The number of rotatable bonds is 37. The van der Waals surface area contributed by atoms with Gasteiger partial charge in [-0.15, -0.1) is 0 Å². The summed E-state index contributed by atoms with van der Waals surface area (Å²) >= 11 is 0. The van der Waals surface area contributed by atoms with Gasteiger partial charge >= 0.3 is 11.9 Å². The Hall–Kier alpha value is -2.28. The zero-order valence-corrected chi connectivity index (χ0v) is 39.0. The van der Waals surface area contributed by atoms with Gasteiger partial charge in [-0.25, -0.2) is 0 Å². The van der Waals surface area contributed by atoms with Crippen LogP contribution in [0.25, 0.3) is 0 Å². The number of ether oxygens (including phenoxy) is 6. The van der Waals surface area contributed by atoms with Crippen molar-refractivity contribution in [2.75, 3.05) is 26.4 Å². The normalized spacial score (nSPS) is 26.9. The van der Waals surface area contributed by atoms with Gasteiger partial charge in [0.05, 0.1) is 19.8 Å². The number of allylic oxidation sites excluding steroid dienone is 6. The third-order valence-corrected chi connectivity index (χ3v) is 11.6. The lowest BCUT2D eigenvalue weighted by molar-refractivity contribution is -0.332. The molecule has 372 valence electrons. The van der Waals surface area contributed by atoms with E-state index in [4.69, 9.17) is 28.4 Å². The highest BCUT2D eigenvalue weighted by Crippen LogP contribution is 2.26. The number of aliphatic hydroxyl groups is 7. The quantitative estimate of drug-likeness (QED) is 0.0160. The topological polar surface area (TPSA) is 231 Å². The maximum atomic E-state index is 13.0. The molecule has 2 aliphatic heterocycles. The molecule has 64 heavy (non-hydrogen) atoms. The number of carbonyl (C=O) groups excluding carboxylic acids is 2. The van der Waals surface area contributed by atoms with E-state index in [-0.39, 0.29) is 26.1 Å². The fourth-order valence-corrected chi connectivity index (χ4v) is 7.49. The van der Waals surface area contributed by atoms with Gasteiger partial charge < -0.3 is 64.2 Å². The highest BCUT2D eigenvalue weighted by Gasteiger charge is 2.47. The molecule has 15 nitrogen and oxygen atoms in total. The van der Waals surface area contributed by atoms with Crippen molar-refractivity contribution in [2.45, 2.75) is 235 Å². The first kappa shape index (κ1) is 57.8. The van der Waals surface area contributed by atoms with Crippen LogP contribution in [0.2, 0.25) is 0 Å². The van der Waals surface area contributed by atoms with Gasteiger partial charge in [0.1, 0.15) is 55.4 Å². The summed E-state index contributed by atoms with van der Waals surface area (Å²) in [5.74, 6) is -0.954. The van der Waals surface area contributed by atoms with Gasteiger partial charge in [0.25, 0.3) is 0 Å². The molecule has 0 bridgehead atoms. The molecule has 2 fully saturated rings.